The van der Waals surface area contributed by atoms with Crippen LogP contribution in [0.3, 0.4) is 0 Å². The summed E-state index contributed by atoms with van der Waals surface area (Å²) < 4.78 is 5.40. The van der Waals surface area contributed by atoms with Crippen molar-refractivity contribution in [2.45, 2.75) is 37.0 Å². The molecular weight excluding hydrogens is 460 g/mol. The largest absolute Gasteiger partial charge is 0.497 e. The Morgan fingerprint density at radius 3 is 2.84 bits per heavy atom. The van der Waals surface area contributed by atoms with Gasteiger partial charge < -0.3 is 14.7 Å². The van der Waals surface area contributed by atoms with Crippen LogP contribution >= 0.6 is 34.7 Å². The number of thioether (sulfide) groups is 1. The van der Waals surface area contributed by atoms with Gasteiger partial charge >= 0.3 is 0 Å². The number of hydrogen-bond donors (Lipinski definition) is 1. The molecule has 1 N–H and O–H groups in total. The molecule has 1 aliphatic rings. The van der Waals surface area contributed by atoms with E-state index in [1.165, 1.54) is 4.90 Å². The normalized spacial score (nSPS) is 16.5. The fourth-order valence-electron chi connectivity index (χ4n) is 4.59. The first kappa shape index (κ1) is 23.8. The third kappa shape index (κ3) is 5.78. The van der Waals surface area contributed by atoms with Crippen LogP contribution in [0.25, 0.3) is 10.9 Å². The maximum atomic E-state index is 10.2. The molecule has 4 nitrogen and oxygen atoms in total. The molecule has 172 valence electrons. The number of benzene rings is 1. The molecule has 4 rings (SSSR count). The van der Waals surface area contributed by atoms with E-state index in [1.807, 2.05) is 30.0 Å². The molecule has 32 heavy (non-hydrogen) atoms. The van der Waals surface area contributed by atoms with Gasteiger partial charge in [0.1, 0.15) is 5.75 Å². The topological polar surface area (TPSA) is 45.6 Å². The van der Waals surface area contributed by atoms with Crippen LogP contribution < -0.4 is 4.74 Å². The lowest BCUT2D eigenvalue weighted by Crippen LogP contribution is -2.42. The highest BCUT2D eigenvalue weighted by atomic mass is 35.5. The maximum absolute atomic E-state index is 10.2. The van der Waals surface area contributed by atoms with E-state index in [9.17, 15) is 5.11 Å². The number of aryl methyl sites for hydroxylation is 1. The molecule has 0 amide bonds. The molecule has 3 heterocycles. The number of fused-ring (bicyclic) bond motifs is 1. The fourth-order valence-corrected chi connectivity index (χ4v) is 6.62. The molecule has 0 radical (unpaired) electrons. The van der Waals surface area contributed by atoms with Crippen molar-refractivity contribution >= 4 is 45.6 Å². The van der Waals surface area contributed by atoms with Crippen LogP contribution in [-0.2, 0) is 6.42 Å². The lowest BCUT2D eigenvalue weighted by atomic mass is 9.75. The second-order valence-corrected chi connectivity index (χ2v) is 11.0. The van der Waals surface area contributed by atoms with E-state index in [4.69, 9.17) is 16.3 Å². The van der Waals surface area contributed by atoms with Crippen molar-refractivity contribution in [3.05, 3.63) is 51.8 Å². The van der Waals surface area contributed by atoms with Gasteiger partial charge in [0.15, 0.2) is 0 Å². The van der Waals surface area contributed by atoms with Crippen molar-refractivity contribution in [3.63, 3.8) is 0 Å². The second kappa shape index (κ2) is 11.2. The van der Waals surface area contributed by atoms with E-state index in [2.05, 4.69) is 26.7 Å². The van der Waals surface area contributed by atoms with Crippen LogP contribution in [-0.4, -0.2) is 54.1 Å². The molecule has 1 aliphatic heterocycles. The number of methoxy groups -OCH3 is 1. The first-order valence-electron chi connectivity index (χ1n) is 11.2. The number of piperidine rings is 1. The first-order valence-corrected chi connectivity index (χ1v) is 13.5. The summed E-state index contributed by atoms with van der Waals surface area (Å²) >= 11 is 10.2. The first-order chi connectivity index (χ1) is 15.6. The Bertz CT molecular complexity index is 1000. The number of nitrogens with zero attached hydrogens (tertiary/aromatic N) is 2. The third-order valence-corrected chi connectivity index (χ3v) is 8.82. The predicted molar refractivity (Wildman–Crippen MR) is 136 cm³/mol. The highest BCUT2D eigenvalue weighted by molar-refractivity contribution is 7.99. The number of halogens is 1. The Balaban J connectivity index is 1.31. The van der Waals surface area contributed by atoms with Gasteiger partial charge in [-0.3, -0.25) is 4.98 Å². The summed E-state index contributed by atoms with van der Waals surface area (Å²) in [4.78, 5) is 8.38. The van der Waals surface area contributed by atoms with Crippen molar-refractivity contribution in [3.8, 4) is 5.75 Å². The average Bonchev–Trinajstić information content (AvgIpc) is 3.35. The SMILES string of the molecule is COc1ccc2ncc(Cl)c(CCCC3(CO)CCN(CCSc4ccsc4)CC3)c2c1. The molecule has 0 saturated carbocycles. The Hall–Kier alpha value is -1.31. The molecule has 2 aromatic heterocycles. The molecule has 1 fully saturated rings. The molecule has 0 atom stereocenters. The molecule has 0 unspecified atom stereocenters. The van der Waals surface area contributed by atoms with E-state index >= 15 is 0 Å². The number of aromatic nitrogens is 1. The third-order valence-electron chi connectivity index (χ3n) is 6.69. The Kier molecular flexibility index (Phi) is 8.35. The summed E-state index contributed by atoms with van der Waals surface area (Å²) in [5.41, 5.74) is 2.10. The molecular formula is C25H31ClN2O2S2. The average molecular weight is 491 g/mol. The van der Waals surface area contributed by atoms with E-state index in [1.54, 1.807) is 24.6 Å². The van der Waals surface area contributed by atoms with Crippen LogP contribution in [0.2, 0.25) is 5.02 Å². The zero-order valence-electron chi connectivity index (χ0n) is 18.6. The van der Waals surface area contributed by atoms with Gasteiger partial charge in [0.25, 0.3) is 0 Å². The molecule has 0 aliphatic carbocycles. The number of rotatable bonds is 10. The van der Waals surface area contributed by atoms with Crippen LogP contribution in [0.5, 0.6) is 5.75 Å². The number of ether oxygens (including phenoxy) is 1. The molecule has 7 heteroatoms. The van der Waals surface area contributed by atoms with Crippen molar-refractivity contribution in [1.29, 1.82) is 0 Å². The van der Waals surface area contributed by atoms with Gasteiger partial charge in [-0.15, -0.1) is 11.8 Å². The van der Waals surface area contributed by atoms with Gasteiger partial charge in [0.05, 0.1) is 17.6 Å². The monoisotopic (exact) mass is 490 g/mol. The fraction of sp³-hybridized carbons (Fsp3) is 0.480. The minimum atomic E-state index is 0.0317. The van der Waals surface area contributed by atoms with Gasteiger partial charge in [-0.05, 0) is 85.8 Å². The minimum Gasteiger partial charge on any atom is -0.497 e. The lowest BCUT2D eigenvalue weighted by molar-refractivity contribution is 0.0378. The van der Waals surface area contributed by atoms with E-state index < -0.39 is 0 Å². The number of likely N-dealkylation sites (tertiary alicyclic amines) is 1. The van der Waals surface area contributed by atoms with Crippen LogP contribution in [0.15, 0.2) is 46.1 Å². The van der Waals surface area contributed by atoms with E-state index in [-0.39, 0.29) is 12.0 Å². The summed E-state index contributed by atoms with van der Waals surface area (Å²) in [6, 6.07) is 8.13. The number of thiophene rings is 1. The standard InChI is InChI=1S/C25H31ClN2O2S2/c1-30-19-4-5-24-22(15-19)21(23(26)16-27-24)3-2-7-25(18-29)8-10-28(11-9-25)12-14-32-20-6-13-31-17-20/h4-6,13,15-17,29H,2-3,7-12,14,18H2,1H3. The number of hydrogen-bond acceptors (Lipinski definition) is 6. The van der Waals surface area contributed by atoms with Gasteiger partial charge in [-0.2, -0.15) is 11.3 Å². The Labute approximate surface area is 203 Å². The molecule has 1 aromatic carbocycles. The van der Waals surface area contributed by atoms with Gasteiger partial charge in [-0.1, -0.05) is 11.6 Å². The van der Waals surface area contributed by atoms with E-state index in [0.29, 0.717) is 5.02 Å². The highest BCUT2D eigenvalue weighted by Crippen LogP contribution is 2.37. The van der Waals surface area contributed by atoms with E-state index in [0.717, 1.165) is 79.7 Å². The molecule has 0 bridgehead atoms. The van der Waals surface area contributed by atoms with Gasteiger partial charge in [-0.25, -0.2) is 0 Å². The number of aliphatic hydroxyl groups is 1. The second-order valence-electron chi connectivity index (χ2n) is 8.63. The zero-order chi connectivity index (χ0) is 22.4. The lowest BCUT2D eigenvalue weighted by Gasteiger charge is -2.41. The smallest absolute Gasteiger partial charge is 0.119 e. The van der Waals surface area contributed by atoms with Gasteiger partial charge in [0.2, 0.25) is 0 Å². The summed E-state index contributed by atoms with van der Waals surface area (Å²) in [6.07, 6.45) is 6.78. The summed E-state index contributed by atoms with van der Waals surface area (Å²) in [5.74, 6) is 1.94. The maximum Gasteiger partial charge on any atom is 0.119 e. The summed E-state index contributed by atoms with van der Waals surface area (Å²) in [5, 5.41) is 16.4. The molecule has 0 spiro atoms. The zero-order valence-corrected chi connectivity index (χ0v) is 20.9. The summed E-state index contributed by atoms with van der Waals surface area (Å²) in [7, 11) is 1.68. The van der Waals surface area contributed by atoms with Gasteiger partial charge in [0, 0.05) is 40.8 Å². The van der Waals surface area contributed by atoms with Crippen LogP contribution in [0.4, 0.5) is 0 Å². The molecule has 3 aromatic rings. The van der Waals surface area contributed by atoms with Crippen molar-refractivity contribution in [1.82, 2.24) is 9.88 Å². The van der Waals surface area contributed by atoms with Crippen LogP contribution in [0, 0.1) is 5.41 Å². The van der Waals surface area contributed by atoms with Crippen LogP contribution in [0.1, 0.15) is 31.2 Å². The van der Waals surface area contributed by atoms with Crippen molar-refractivity contribution in [2.75, 3.05) is 39.1 Å². The Morgan fingerprint density at radius 2 is 2.12 bits per heavy atom. The number of pyridine rings is 1. The Morgan fingerprint density at radius 1 is 1.28 bits per heavy atom. The minimum absolute atomic E-state index is 0.0317. The summed E-state index contributed by atoms with van der Waals surface area (Å²) in [6.45, 7) is 3.52. The van der Waals surface area contributed by atoms with Crippen molar-refractivity contribution in [2.24, 2.45) is 5.41 Å². The molecule has 1 saturated heterocycles. The highest BCUT2D eigenvalue weighted by Gasteiger charge is 2.33. The quantitative estimate of drug-likeness (QED) is 0.345. The van der Waals surface area contributed by atoms with Crippen molar-refractivity contribution < 1.29 is 9.84 Å². The predicted octanol–water partition coefficient (Wildman–Crippen LogP) is 6.15. The number of aliphatic hydroxyl groups excluding tert-OH is 1.